The highest BCUT2D eigenvalue weighted by Crippen LogP contribution is 2.15. The normalized spacial score (nSPS) is 11.0. The highest BCUT2D eigenvalue weighted by Gasteiger charge is 1.95. The topological polar surface area (TPSA) is 47.9 Å². The molecule has 0 atom stereocenters. The summed E-state index contributed by atoms with van der Waals surface area (Å²) < 4.78 is 9.95. The summed E-state index contributed by atoms with van der Waals surface area (Å²) >= 11 is 0. The second-order valence-electron chi connectivity index (χ2n) is 4.71. The third kappa shape index (κ3) is 5.43. The van der Waals surface area contributed by atoms with Gasteiger partial charge in [-0.15, -0.1) is 0 Å². The first-order valence-electron chi connectivity index (χ1n) is 7.34. The Kier molecular flexibility index (Phi) is 6.12. The zero-order valence-electron chi connectivity index (χ0n) is 13.2. The van der Waals surface area contributed by atoms with Gasteiger partial charge in [0.05, 0.1) is 19.4 Å². The van der Waals surface area contributed by atoms with Crippen molar-refractivity contribution in [2.45, 2.75) is 6.92 Å². The van der Waals surface area contributed by atoms with Crippen molar-refractivity contribution in [3.05, 3.63) is 65.7 Å². The molecule has 118 valence electrons. The highest BCUT2D eigenvalue weighted by atomic mass is 16.5. The van der Waals surface area contributed by atoms with Crippen molar-refractivity contribution in [3.8, 4) is 5.75 Å². The maximum Gasteiger partial charge on any atom is 0.330 e. The number of carbonyl (C=O) groups is 1. The highest BCUT2D eigenvalue weighted by molar-refractivity contribution is 5.87. The van der Waals surface area contributed by atoms with Crippen molar-refractivity contribution in [2.75, 3.05) is 13.7 Å². The van der Waals surface area contributed by atoms with Gasteiger partial charge in [0.1, 0.15) is 5.75 Å². The van der Waals surface area contributed by atoms with Crippen LogP contribution in [0.25, 0.3) is 6.08 Å². The van der Waals surface area contributed by atoms with Crippen molar-refractivity contribution >= 4 is 23.9 Å². The molecule has 2 rings (SSSR count). The summed E-state index contributed by atoms with van der Waals surface area (Å²) in [5, 5.41) is 0. The molecule has 4 nitrogen and oxygen atoms in total. The average molecular weight is 309 g/mol. The van der Waals surface area contributed by atoms with Crippen molar-refractivity contribution in [3.63, 3.8) is 0 Å². The number of carbonyl (C=O) groups excluding carboxylic acids is 1. The number of benzene rings is 2. The van der Waals surface area contributed by atoms with Crippen LogP contribution in [0.5, 0.6) is 5.75 Å². The van der Waals surface area contributed by atoms with Gasteiger partial charge in [-0.25, -0.2) is 4.79 Å². The van der Waals surface area contributed by atoms with Crippen LogP contribution >= 0.6 is 0 Å². The smallest absolute Gasteiger partial charge is 0.330 e. The van der Waals surface area contributed by atoms with E-state index in [9.17, 15) is 4.79 Å². The molecule has 0 aromatic heterocycles. The van der Waals surface area contributed by atoms with Crippen LogP contribution in [-0.2, 0) is 9.53 Å². The minimum Gasteiger partial charge on any atom is -0.497 e. The summed E-state index contributed by atoms with van der Waals surface area (Å²) in [6, 6.07) is 15.3. The fourth-order valence-electron chi connectivity index (χ4n) is 1.87. The van der Waals surface area contributed by atoms with Gasteiger partial charge in [-0.05, 0) is 60.5 Å². The maximum absolute atomic E-state index is 11.2. The molecule has 2 aromatic carbocycles. The third-order valence-corrected chi connectivity index (χ3v) is 3.07. The fraction of sp³-hybridized carbons (Fsp3) is 0.158. The number of rotatable bonds is 6. The Balaban J connectivity index is 1.98. The van der Waals surface area contributed by atoms with Gasteiger partial charge in [0.2, 0.25) is 0 Å². The molecule has 0 heterocycles. The van der Waals surface area contributed by atoms with E-state index in [0.717, 1.165) is 22.6 Å². The molecule has 0 aliphatic rings. The second kappa shape index (κ2) is 8.54. The van der Waals surface area contributed by atoms with Crippen LogP contribution in [-0.4, -0.2) is 25.9 Å². The van der Waals surface area contributed by atoms with E-state index in [4.69, 9.17) is 9.47 Å². The SMILES string of the molecule is CCOC(=O)C=Cc1ccc(N=Cc2ccc(OC)cc2)cc1. The molecule has 0 aliphatic carbocycles. The summed E-state index contributed by atoms with van der Waals surface area (Å²) in [5.41, 5.74) is 2.76. The Bertz CT molecular complexity index is 686. The summed E-state index contributed by atoms with van der Waals surface area (Å²) in [4.78, 5) is 15.7. The van der Waals surface area contributed by atoms with E-state index < -0.39 is 0 Å². The number of hydrogen-bond acceptors (Lipinski definition) is 4. The molecule has 2 aromatic rings. The number of nitrogens with zero attached hydrogens (tertiary/aromatic N) is 1. The van der Waals surface area contributed by atoms with Crippen LogP contribution in [0.4, 0.5) is 5.69 Å². The Morgan fingerprint density at radius 1 is 1.04 bits per heavy atom. The molecule has 0 radical (unpaired) electrons. The molecule has 0 unspecified atom stereocenters. The monoisotopic (exact) mass is 309 g/mol. The fourth-order valence-corrected chi connectivity index (χ4v) is 1.87. The lowest BCUT2D eigenvalue weighted by Gasteiger charge is -1.99. The molecule has 0 N–H and O–H groups in total. The summed E-state index contributed by atoms with van der Waals surface area (Å²) in [6.45, 7) is 2.16. The predicted octanol–water partition coefficient (Wildman–Crippen LogP) is 4.02. The molecule has 23 heavy (non-hydrogen) atoms. The van der Waals surface area contributed by atoms with E-state index in [2.05, 4.69) is 4.99 Å². The molecule has 4 heteroatoms. The lowest BCUT2D eigenvalue weighted by molar-refractivity contribution is -0.137. The Morgan fingerprint density at radius 2 is 1.70 bits per heavy atom. The molecule has 0 fully saturated rings. The molecular formula is C19H19NO3. The standard InChI is InChI=1S/C19H19NO3/c1-3-23-19(21)13-8-15-4-9-17(10-5-15)20-14-16-6-11-18(22-2)12-7-16/h4-14H,3H2,1-2H3. The van der Waals surface area contributed by atoms with E-state index in [1.165, 1.54) is 6.08 Å². The molecular weight excluding hydrogens is 290 g/mol. The Labute approximate surface area is 136 Å². The summed E-state index contributed by atoms with van der Waals surface area (Å²) in [5.74, 6) is 0.481. The molecule has 0 saturated carbocycles. The maximum atomic E-state index is 11.2. The van der Waals surface area contributed by atoms with Gasteiger partial charge in [-0.1, -0.05) is 12.1 Å². The van der Waals surface area contributed by atoms with Crippen molar-refractivity contribution in [1.29, 1.82) is 0 Å². The van der Waals surface area contributed by atoms with Gasteiger partial charge in [-0.2, -0.15) is 0 Å². The zero-order valence-corrected chi connectivity index (χ0v) is 13.2. The van der Waals surface area contributed by atoms with Gasteiger partial charge in [0.15, 0.2) is 0 Å². The largest absolute Gasteiger partial charge is 0.497 e. The molecule has 0 spiro atoms. The van der Waals surface area contributed by atoms with E-state index in [1.807, 2.05) is 48.5 Å². The van der Waals surface area contributed by atoms with Gasteiger partial charge < -0.3 is 9.47 Å². The van der Waals surface area contributed by atoms with Crippen LogP contribution in [0.3, 0.4) is 0 Å². The lowest BCUT2D eigenvalue weighted by atomic mass is 10.2. The molecule has 0 saturated heterocycles. The number of aliphatic imine (C=N–C) groups is 1. The van der Waals surface area contributed by atoms with E-state index in [0.29, 0.717) is 6.61 Å². The summed E-state index contributed by atoms with van der Waals surface area (Å²) in [7, 11) is 1.64. The quantitative estimate of drug-likeness (QED) is 0.460. The van der Waals surface area contributed by atoms with Crippen molar-refractivity contribution in [1.82, 2.24) is 0 Å². The number of hydrogen-bond donors (Lipinski definition) is 0. The number of ether oxygens (including phenoxy) is 2. The molecule has 0 aliphatic heterocycles. The van der Waals surface area contributed by atoms with Gasteiger partial charge >= 0.3 is 5.97 Å². The van der Waals surface area contributed by atoms with E-state index in [-0.39, 0.29) is 5.97 Å². The van der Waals surface area contributed by atoms with E-state index >= 15 is 0 Å². The van der Waals surface area contributed by atoms with Crippen LogP contribution in [0.2, 0.25) is 0 Å². The number of esters is 1. The lowest BCUT2D eigenvalue weighted by Crippen LogP contribution is -1.98. The van der Waals surface area contributed by atoms with Crippen LogP contribution in [0, 0.1) is 0 Å². The van der Waals surface area contributed by atoms with Crippen molar-refractivity contribution in [2.24, 2.45) is 4.99 Å². The predicted molar refractivity (Wildman–Crippen MR) is 92.4 cm³/mol. The van der Waals surface area contributed by atoms with Crippen molar-refractivity contribution < 1.29 is 14.3 Å². The van der Waals surface area contributed by atoms with Gasteiger partial charge in [-0.3, -0.25) is 4.99 Å². The summed E-state index contributed by atoms with van der Waals surface area (Å²) in [6.07, 6.45) is 4.93. The minimum atomic E-state index is -0.339. The molecule has 0 bridgehead atoms. The second-order valence-corrected chi connectivity index (χ2v) is 4.71. The zero-order chi connectivity index (χ0) is 16.5. The van der Waals surface area contributed by atoms with Crippen LogP contribution in [0.15, 0.2) is 59.6 Å². The Morgan fingerprint density at radius 3 is 2.30 bits per heavy atom. The number of methoxy groups -OCH3 is 1. The van der Waals surface area contributed by atoms with Gasteiger partial charge in [0.25, 0.3) is 0 Å². The van der Waals surface area contributed by atoms with Crippen LogP contribution < -0.4 is 4.74 Å². The average Bonchev–Trinajstić information content (AvgIpc) is 2.60. The first kappa shape index (κ1) is 16.5. The van der Waals surface area contributed by atoms with Crippen LogP contribution in [0.1, 0.15) is 18.1 Å². The first-order valence-corrected chi connectivity index (χ1v) is 7.34. The Hall–Kier alpha value is -2.88. The van der Waals surface area contributed by atoms with Gasteiger partial charge in [0, 0.05) is 12.3 Å². The minimum absolute atomic E-state index is 0.339. The first-order chi connectivity index (χ1) is 11.2. The third-order valence-electron chi connectivity index (χ3n) is 3.07. The molecule has 0 amide bonds. The van der Waals surface area contributed by atoms with E-state index in [1.54, 1.807) is 26.3 Å².